The standard InChI is InChI=1S/C10H10ClNO2/c11-9-4-1-7(5-12-9)6-14-10(13)8-2-3-8/h1,4-5,8H,2-3,6H2. The normalized spacial score (nSPS) is 15.2. The van der Waals surface area contributed by atoms with Gasteiger partial charge in [0.2, 0.25) is 0 Å². The Kier molecular flexibility index (Phi) is 2.68. The highest BCUT2D eigenvalue weighted by atomic mass is 35.5. The van der Waals surface area contributed by atoms with Crippen LogP contribution < -0.4 is 0 Å². The highest BCUT2D eigenvalue weighted by Crippen LogP contribution is 2.30. The first kappa shape index (κ1) is 9.46. The van der Waals surface area contributed by atoms with Crippen LogP contribution in [0.5, 0.6) is 0 Å². The summed E-state index contributed by atoms with van der Waals surface area (Å²) >= 11 is 5.62. The van der Waals surface area contributed by atoms with Gasteiger partial charge in [-0.3, -0.25) is 4.79 Å². The average molecular weight is 212 g/mol. The lowest BCUT2D eigenvalue weighted by atomic mass is 10.3. The van der Waals surface area contributed by atoms with Crippen molar-refractivity contribution in [2.45, 2.75) is 19.4 Å². The summed E-state index contributed by atoms with van der Waals surface area (Å²) in [5.41, 5.74) is 0.864. The molecule has 0 unspecified atom stereocenters. The zero-order valence-corrected chi connectivity index (χ0v) is 8.33. The Morgan fingerprint density at radius 2 is 2.36 bits per heavy atom. The highest BCUT2D eigenvalue weighted by molar-refractivity contribution is 6.29. The maximum atomic E-state index is 11.2. The van der Waals surface area contributed by atoms with E-state index in [4.69, 9.17) is 16.3 Å². The molecule has 1 aliphatic rings. The van der Waals surface area contributed by atoms with E-state index >= 15 is 0 Å². The second-order valence-corrected chi connectivity index (χ2v) is 3.76. The van der Waals surface area contributed by atoms with E-state index in [9.17, 15) is 4.79 Å². The molecule has 0 aromatic carbocycles. The van der Waals surface area contributed by atoms with E-state index in [-0.39, 0.29) is 11.9 Å². The van der Waals surface area contributed by atoms with Crippen LogP contribution in [0.4, 0.5) is 0 Å². The number of aromatic nitrogens is 1. The van der Waals surface area contributed by atoms with Gasteiger partial charge in [-0.2, -0.15) is 0 Å². The Bertz CT molecular complexity index is 332. The fourth-order valence-electron chi connectivity index (χ4n) is 1.08. The van der Waals surface area contributed by atoms with Crippen molar-refractivity contribution < 1.29 is 9.53 Å². The molecular weight excluding hydrogens is 202 g/mol. The molecule has 0 aliphatic heterocycles. The molecule has 1 aromatic heterocycles. The lowest BCUT2D eigenvalue weighted by Gasteiger charge is -2.02. The third kappa shape index (κ3) is 2.45. The van der Waals surface area contributed by atoms with Crippen LogP contribution in [0.3, 0.4) is 0 Å². The lowest BCUT2D eigenvalue weighted by molar-refractivity contribution is -0.146. The first-order valence-corrected chi connectivity index (χ1v) is 4.90. The molecule has 0 bridgehead atoms. The van der Waals surface area contributed by atoms with Gasteiger partial charge < -0.3 is 4.74 Å². The minimum Gasteiger partial charge on any atom is -0.461 e. The van der Waals surface area contributed by atoms with Crippen molar-refractivity contribution in [2.75, 3.05) is 0 Å². The SMILES string of the molecule is O=C(OCc1ccc(Cl)nc1)C1CC1. The molecule has 2 rings (SSSR count). The minimum absolute atomic E-state index is 0.0973. The summed E-state index contributed by atoms with van der Waals surface area (Å²) in [7, 11) is 0. The van der Waals surface area contributed by atoms with Gasteiger partial charge in [0.15, 0.2) is 0 Å². The van der Waals surface area contributed by atoms with Crippen molar-refractivity contribution in [3.8, 4) is 0 Å². The molecule has 0 amide bonds. The third-order valence-corrected chi connectivity index (χ3v) is 2.30. The summed E-state index contributed by atoms with van der Waals surface area (Å²) in [6, 6.07) is 3.48. The van der Waals surface area contributed by atoms with Crippen molar-refractivity contribution in [2.24, 2.45) is 5.92 Å². The van der Waals surface area contributed by atoms with Crippen molar-refractivity contribution in [1.82, 2.24) is 4.98 Å². The van der Waals surface area contributed by atoms with Crippen LogP contribution in [0, 0.1) is 5.92 Å². The fourth-order valence-corrected chi connectivity index (χ4v) is 1.19. The Balaban J connectivity index is 1.85. The van der Waals surface area contributed by atoms with E-state index in [1.54, 1.807) is 18.3 Å². The molecule has 4 heteroatoms. The van der Waals surface area contributed by atoms with Crippen LogP contribution in [0.2, 0.25) is 5.15 Å². The molecule has 0 spiro atoms. The largest absolute Gasteiger partial charge is 0.461 e. The van der Waals surface area contributed by atoms with Crippen molar-refractivity contribution in [1.29, 1.82) is 0 Å². The van der Waals surface area contributed by atoms with Crippen LogP contribution in [0.15, 0.2) is 18.3 Å². The average Bonchev–Trinajstić information content (AvgIpc) is 3.00. The minimum atomic E-state index is -0.0973. The monoisotopic (exact) mass is 211 g/mol. The van der Waals surface area contributed by atoms with Crippen LogP contribution in [-0.4, -0.2) is 11.0 Å². The maximum Gasteiger partial charge on any atom is 0.309 e. The van der Waals surface area contributed by atoms with E-state index in [1.165, 1.54) is 0 Å². The van der Waals surface area contributed by atoms with Gasteiger partial charge in [-0.15, -0.1) is 0 Å². The predicted molar refractivity (Wildman–Crippen MR) is 51.8 cm³/mol. The quantitative estimate of drug-likeness (QED) is 0.568. The first-order valence-electron chi connectivity index (χ1n) is 4.53. The number of rotatable bonds is 3. The number of nitrogens with zero attached hydrogens (tertiary/aromatic N) is 1. The number of carbonyl (C=O) groups excluding carboxylic acids is 1. The first-order chi connectivity index (χ1) is 6.75. The van der Waals surface area contributed by atoms with Gasteiger partial charge in [0.1, 0.15) is 11.8 Å². The summed E-state index contributed by atoms with van der Waals surface area (Å²) in [6.45, 7) is 0.291. The molecule has 74 valence electrons. The number of pyridine rings is 1. The molecule has 3 nitrogen and oxygen atoms in total. The van der Waals surface area contributed by atoms with Crippen molar-refractivity contribution in [3.63, 3.8) is 0 Å². The zero-order chi connectivity index (χ0) is 9.97. The predicted octanol–water partition coefficient (Wildman–Crippen LogP) is 2.19. The van der Waals surface area contributed by atoms with Crippen LogP contribution in [0.1, 0.15) is 18.4 Å². The number of carbonyl (C=O) groups is 1. The van der Waals surface area contributed by atoms with Crippen LogP contribution in [0.25, 0.3) is 0 Å². The maximum absolute atomic E-state index is 11.2. The van der Waals surface area contributed by atoms with Gasteiger partial charge in [-0.1, -0.05) is 17.7 Å². The van der Waals surface area contributed by atoms with Crippen molar-refractivity contribution >= 4 is 17.6 Å². The Morgan fingerprint density at radius 1 is 1.57 bits per heavy atom. The molecule has 1 aromatic rings. The zero-order valence-electron chi connectivity index (χ0n) is 7.57. The molecule has 0 saturated heterocycles. The lowest BCUT2D eigenvalue weighted by Crippen LogP contribution is -2.06. The van der Waals surface area contributed by atoms with E-state index < -0.39 is 0 Å². The van der Waals surface area contributed by atoms with Crippen molar-refractivity contribution in [3.05, 3.63) is 29.0 Å². The number of esters is 1. The number of halogens is 1. The van der Waals surface area contributed by atoms with E-state index in [1.807, 2.05) is 0 Å². The molecule has 1 aliphatic carbocycles. The highest BCUT2D eigenvalue weighted by Gasteiger charge is 2.31. The Labute approximate surface area is 87.0 Å². The molecule has 1 heterocycles. The Morgan fingerprint density at radius 3 is 2.93 bits per heavy atom. The van der Waals surface area contributed by atoms with E-state index in [2.05, 4.69) is 4.98 Å². The molecule has 0 radical (unpaired) electrons. The number of hydrogen-bond acceptors (Lipinski definition) is 3. The summed E-state index contributed by atoms with van der Waals surface area (Å²) in [5.74, 6) is 0.0511. The molecule has 1 saturated carbocycles. The smallest absolute Gasteiger partial charge is 0.309 e. The van der Waals surface area contributed by atoms with Crippen LogP contribution in [-0.2, 0) is 16.1 Å². The van der Waals surface area contributed by atoms with Gasteiger partial charge in [0, 0.05) is 11.8 Å². The summed E-state index contributed by atoms with van der Waals surface area (Å²) in [6.07, 6.45) is 3.55. The van der Waals surface area contributed by atoms with E-state index in [0.717, 1.165) is 18.4 Å². The van der Waals surface area contributed by atoms with Gasteiger partial charge in [0.25, 0.3) is 0 Å². The van der Waals surface area contributed by atoms with Gasteiger partial charge in [-0.05, 0) is 18.9 Å². The van der Waals surface area contributed by atoms with Gasteiger partial charge in [-0.25, -0.2) is 4.98 Å². The molecule has 0 N–H and O–H groups in total. The summed E-state index contributed by atoms with van der Waals surface area (Å²) in [5, 5.41) is 0.447. The molecular formula is C10H10ClNO2. The summed E-state index contributed by atoms with van der Waals surface area (Å²) < 4.78 is 5.07. The second kappa shape index (κ2) is 3.96. The third-order valence-electron chi connectivity index (χ3n) is 2.08. The van der Waals surface area contributed by atoms with Gasteiger partial charge in [0.05, 0.1) is 5.92 Å². The van der Waals surface area contributed by atoms with Crippen LogP contribution >= 0.6 is 11.6 Å². The molecule has 14 heavy (non-hydrogen) atoms. The number of ether oxygens (including phenoxy) is 1. The fraction of sp³-hybridized carbons (Fsp3) is 0.400. The Hall–Kier alpha value is -1.09. The number of hydrogen-bond donors (Lipinski definition) is 0. The molecule has 0 atom stereocenters. The molecule has 1 fully saturated rings. The van der Waals surface area contributed by atoms with E-state index in [0.29, 0.717) is 11.8 Å². The summed E-state index contributed by atoms with van der Waals surface area (Å²) in [4.78, 5) is 15.1. The second-order valence-electron chi connectivity index (χ2n) is 3.37. The topological polar surface area (TPSA) is 39.2 Å². The van der Waals surface area contributed by atoms with Gasteiger partial charge >= 0.3 is 5.97 Å².